The summed E-state index contributed by atoms with van der Waals surface area (Å²) in [5.41, 5.74) is 2.38. The van der Waals surface area contributed by atoms with Crippen molar-refractivity contribution in [1.82, 2.24) is 15.0 Å². The van der Waals surface area contributed by atoms with Gasteiger partial charge in [0.25, 0.3) is 0 Å². The van der Waals surface area contributed by atoms with Gasteiger partial charge in [-0.2, -0.15) is 0 Å². The Kier molecular flexibility index (Phi) is 5.37. The molecule has 124 valence electrons. The van der Waals surface area contributed by atoms with Crippen LogP contribution in [-0.4, -0.2) is 28.4 Å². The van der Waals surface area contributed by atoms with Crippen LogP contribution in [0.25, 0.3) is 0 Å². The third-order valence-electron chi connectivity index (χ3n) is 3.43. The second kappa shape index (κ2) is 7.67. The number of thioether (sulfide) groups is 1. The second-order valence-electron chi connectivity index (χ2n) is 5.22. The molecule has 1 unspecified atom stereocenters. The van der Waals surface area contributed by atoms with Crippen LogP contribution >= 0.6 is 11.8 Å². The number of nitrogens with one attached hydrogen (secondary N) is 1. The van der Waals surface area contributed by atoms with E-state index in [0.717, 1.165) is 24.4 Å². The molecule has 0 bridgehead atoms. The van der Waals surface area contributed by atoms with Gasteiger partial charge in [-0.15, -0.1) is 0 Å². The van der Waals surface area contributed by atoms with E-state index in [0.29, 0.717) is 18.1 Å². The molecule has 0 aromatic carbocycles. The lowest BCUT2D eigenvalue weighted by molar-refractivity contribution is -0.187. The highest BCUT2D eigenvalue weighted by Gasteiger charge is 2.18. The van der Waals surface area contributed by atoms with E-state index < -0.39 is 5.91 Å². The number of hydrogen-bond donors (Lipinski definition) is 1. The minimum atomic E-state index is -0.410. The van der Waals surface area contributed by atoms with Gasteiger partial charge in [0.15, 0.2) is 17.2 Å². The first kappa shape index (κ1) is 16.1. The van der Waals surface area contributed by atoms with Gasteiger partial charge in [-0.05, 0) is 25.0 Å². The van der Waals surface area contributed by atoms with Crippen molar-refractivity contribution in [3.8, 4) is 0 Å². The Bertz CT molecular complexity index is 649. The maximum absolute atomic E-state index is 12.0. The number of furan rings is 1. The molecule has 0 spiro atoms. The number of aromatic nitrogens is 2. The maximum Gasteiger partial charge on any atom is 0.310 e. The van der Waals surface area contributed by atoms with Gasteiger partial charge in [-0.25, -0.2) is 15.3 Å². The topological polar surface area (TPSA) is 78.5 Å². The van der Waals surface area contributed by atoms with Crippen LogP contribution in [0, 0.1) is 0 Å². The molecule has 0 radical (unpaired) electrons. The molecule has 23 heavy (non-hydrogen) atoms. The van der Waals surface area contributed by atoms with E-state index in [2.05, 4.69) is 10.5 Å². The highest BCUT2D eigenvalue weighted by atomic mass is 32.2. The molecule has 1 saturated heterocycles. The number of carbonyl (C=O) groups excluding carboxylic acids is 1. The quantitative estimate of drug-likeness (QED) is 0.644. The molecule has 1 atom stereocenters. The zero-order chi connectivity index (χ0) is 16.1. The summed E-state index contributed by atoms with van der Waals surface area (Å²) >= 11 is 1.54. The third kappa shape index (κ3) is 4.37. The fraction of sp³-hybridized carbons (Fsp3) is 0.467. The van der Waals surface area contributed by atoms with Crippen molar-refractivity contribution in [3.05, 3.63) is 36.0 Å². The molecule has 8 heteroatoms. The SMILES string of the molecule is Cn1ccnc1SCc1ccc(C(=O)NOC2CCCCO2)o1. The zero-order valence-corrected chi connectivity index (χ0v) is 13.7. The monoisotopic (exact) mass is 337 g/mol. The molecule has 1 aliphatic heterocycles. The Morgan fingerprint density at radius 2 is 2.43 bits per heavy atom. The van der Waals surface area contributed by atoms with E-state index >= 15 is 0 Å². The van der Waals surface area contributed by atoms with Crippen LogP contribution in [0.1, 0.15) is 35.6 Å². The highest BCUT2D eigenvalue weighted by Crippen LogP contribution is 2.22. The van der Waals surface area contributed by atoms with Crippen molar-refractivity contribution in [2.45, 2.75) is 36.5 Å². The van der Waals surface area contributed by atoms with Gasteiger partial charge in [0.05, 0.1) is 5.75 Å². The lowest BCUT2D eigenvalue weighted by Gasteiger charge is -2.21. The summed E-state index contributed by atoms with van der Waals surface area (Å²) in [6.45, 7) is 0.663. The molecule has 1 N–H and O–H groups in total. The standard InChI is InChI=1S/C15H19N3O4S/c1-18-8-7-16-15(18)23-10-11-5-6-12(21-11)14(19)17-22-13-4-2-3-9-20-13/h5-8,13H,2-4,9-10H2,1H3,(H,17,19). The zero-order valence-electron chi connectivity index (χ0n) is 12.9. The van der Waals surface area contributed by atoms with Crippen LogP contribution in [0.2, 0.25) is 0 Å². The van der Waals surface area contributed by atoms with E-state index in [9.17, 15) is 4.79 Å². The number of ether oxygens (including phenoxy) is 1. The molecule has 2 aromatic rings. The van der Waals surface area contributed by atoms with Crippen molar-refractivity contribution < 1.29 is 18.8 Å². The summed E-state index contributed by atoms with van der Waals surface area (Å²) in [6, 6.07) is 3.41. The van der Waals surface area contributed by atoms with Gasteiger partial charge in [-0.3, -0.25) is 4.79 Å². The van der Waals surface area contributed by atoms with E-state index in [1.807, 2.05) is 17.8 Å². The normalized spacial score (nSPS) is 18.0. The van der Waals surface area contributed by atoms with Crippen molar-refractivity contribution in [2.75, 3.05) is 6.61 Å². The lowest BCUT2D eigenvalue weighted by atomic mass is 10.2. The van der Waals surface area contributed by atoms with Gasteiger partial charge in [0, 0.05) is 32.5 Å². The lowest BCUT2D eigenvalue weighted by Crippen LogP contribution is -2.32. The molecule has 0 saturated carbocycles. The minimum absolute atomic E-state index is 0.219. The Morgan fingerprint density at radius 1 is 1.52 bits per heavy atom. The van der Waals surface area contributed by atoms with Gasteiger partial charge in [0.2, 0.25) is 0 Å². The van der Waals surface area contributed by atoms with Crippen molar-refractivity contribution in [1.29, 1.82) is 0 Å². The molecule has 1 fully saturated rings. The summed E-state index contributed by atoms with van der Waals surface area (Å²) in [7, 11) is 1.93. The van der Waals surface area contributed by atoms with Crippen LogP contribution in [-0.2, 0) is 22.4 Å². The first-order valence-corrected chi connectivity index (χ1v) is 8.47. The molecule has 1 amide bonds. The number of carbonyl (C=O) groups is 1. The summed E-state index contributed by atoms with van der Waals surface area (Å²) in [4.78, 5) is 21.4. The smallest absolute Gasteiger partial charge is 0.310 e. The van der Waals surface area contributed by atoms with Gasteiger partial charge in [0.1, 0.15) is 5.76 Å². The fourth-order valence-electron chi connectivity index (χ4n) is 2.18. The number of hydrogen-bond acceptors (Lipinski definition) is 6. The van der Waals surface area contributed by atoms with Crippen LogP contribution in [0.5, 0.6) is 0 Å². The molecule has 3 rings (SSSR count). The Hall–Kier alpha value is -1.77. The average Bonchev–Trinajstić information content (AvgIpc) is 3.20. The van der Waals surface area contributed by atoms with Crippen molar-refractivity contribution in [2.24, 2.45) is 7.05 Å². The number of aryl methyl sites for hydroxylation is 1. The number of imidazole rings is 1. The number of amides is 1. The largest absolute Gasteiger partial charge is 0.455 e. The molecule has 2 aromatic heterocycles. The van der Waals surface area contributed by atoms with Gasteiger partial charge in [-0.1, -0.05) is 11.8 Å². The first-order chi connectivity index (χ1) is 11.2. The summed E-state index contributed by atoms with van der Waals surface area (Å²) in [6.07, 6.45) is 6.10. The Labute approximate surface area is 138 Å². The summed E-state index contributed by atoms with van der Waals surface area (Å²) in [5, 5.41) is 0.894. The van der Waals surface area contributed by atoms with Crippen LogP contribution in [0.4, 0.5) is 0 Å². The summed E-state index contributed by atoms with van der Waals surface area (Å²) in [5.74, 6) is 1.12. The average molecular weight is 337 g/mol. The van der Waals surface area contributed by atoms with Gasteiger partial charge >= 0.3 is 5.91 Å². The van der Waals surface area contributed by atoms with E-state index in [1.54, 1.807) is 30.1 Å². The predicted octanol–water partition coefficient (Wildman–Crippen LogP) is 2.49. The predicted molar refractivity (Wildman–Crippen MR) is 83.6 cm³/mol. The summed E-state index contributed by atoms with van der Waals surface area (Å²) < 4.78 is 12.8. The minimum Gasteiger partial charge on any atom is -0.455 e. The van der Waals surface area contributed by atoms with E-state index in [-0.39, 0.29) is 12.1 Å². The third-order valence-corrected chi connectivity index (χ3v) is 4.51. The molecule has 3 heterocycles. The number of hydroxylamine groups is 1. The number of rotatable bonds is 6. The Morgan fingerprint density at radius 3 is 3.17 bits per heavy atom. The van der Waals surface area contributed by atoms with E-state index in [4.69, 9.17) is 14.0 Å². The molecule has 7 nitrogen and oxygen atoms in total. The maximum atomic E-state index is 12.0. The number of nitrogens with zero attached hydrogens (tertiary/aromatic N) is 2. The molecular weight excluding hydrogens is 318 g/mol. The molecular formula is C15H19N3O4S. The molecule has 0 aliphatic carbocycles. The second-order valence-corrected chi connectivity index (χ2v) is 6.16. The highest BCUT2D eigenvalue weighted by molar-refractivity contribution is 7.98. The van der Waals surface area contributed by atoms with Crippen molar-refractivity contribution in [3.63, 3.8) is 0 Å². The van der Waals surface area contributed by atoms with Crippen LogP contribution < -0.4 is 5.48 Å². The van der Waals surface area contributed by atoms with E-state index in [1.165, 1.54) is 0 Å². The molecule has 1 aliphatic rings. The van der Waals surface area contributed by atoms with Gasteiger partial charge < -0.3 is 13.7 Å². The van der Waals surface area contributed by atoms with Crippen molar-refractivity contribution >= 4 is 17.7 Å². The van der Waals surface area contributed by atoms with Crippen LogP contribution in [0.3, 0.4) is 0 Å². The fourth-order valence-corrected chi connectivity index (χ4v) is 3.00. The van der Waals surface area contributed by atoms with Crippen LogP contribution in [0.15, 0.2) is 34.1 Å². The first-order valence-electron chi connectivity index (χ1n) is 7.49. The Balaban J connectivity index is 1.47.